The Morgan fingerprint density at radius 2 is 2.14 bits per heavy atom. The van der Waals surface area contributed by atoms with E-state index in [1.807, 2.05) is 18.2 Å². The minimum absolute atomic E-state index is 0.517. The lowest BCUT2D eigenvalue weighted by Gasteiger charge is -2.12. The van der Waals surface area contributed by atoms with Crippen molar-refractivity contribution in [1.29, 1.82) is 0 Å². The topological polar surface area (TPSA) is 48.1 Å². The lowest BCUT2D eigenvalue weighted by molar-refractivity contribution is 0.363. The molecule has 0 amide bonds. The maximum atomic E-state index is 5.79. The molecule has 0 aliphatic rings. The third-order valence-electron chi connectivity index (χ3n) is 3.29. The number of aryl methyl sites for hydroxylation is 1. The zero-order chi connectivity index (χ0) is 15.1. The van der Waals surface area contributed by atoms with Gasteiger partial charge in [0.1, 0.15) is 18.2 Å². The monoisotopic (exact) mass is 282 g/mol. The highest BCUT2D eigenvalue weighted by molar-refractivity contribution is 5.66. The van der Waals surface area contributed by atoms with Crippen LogP contribution in [0, 0.1) is 0 Å². The number of anilines is 1. The summed E-state index contributed by atoms with van der Waals surface area (Å²) in [5, 5.41) is 0. The summed E-state index contributed by atoms with van der Waals surface area (Å²) in [6.45, 7) is 6.38. The van der Waals surface area contributed by atoms with Gasteiger partial charge in [0.05, 0.1) is 5.69 Å². The van der Waals surface area contributed by atoms with Crippen molar-refractivity contribution in [3.8, 4) is 17.0 Å². The molecule has 0 unspecified atom stereocenters. The maximum Gasteiger partial charge on any atom is 0.124 e. The lowest BCUT2D eigenvalue weighted by Crippen LogP contribution is -1.98. The quantitative estimate of drug-likeness (QED) is 0.773. The first-order valence-electron chi connectivity index (χ1n) is 7.34. The maximum absolute atomic E-state index is 5.79. The summed E-state index contributed by atoms with van der Waals surface area (Å²) in [6.07, 6.45) is 5.05. The van der Waals surface area contributed by atoms with Gasteiger partial charge >= 0.3 is 0 Å². The molecule has 0 aliphatic heterocycles. The van der Waals surface area contributed by atoms with Crippen molar-refractivity contribution in [3.05, 3.63) is 54.6 Å². The molecular formula is C18H22N2O. The second kappa shape index (κ2) is 7.48. The summed E-state index contributed by atoms with van der Waals surface area (Å²) < 4.78 is 5.63. The Labute approximate surface area is 126 Å². The molecule has 1 aromatic heterocycles. The van der Waals surface area contributed by atoms with E-state index >= 15 is 0 Å². The van der Waals surface area contributed by atoms with Gasteiger partial charge in [-0.15, -0.1) is 0 Å². The number of aromatic nitrogens is 1. The molecule has 0 aliphatic carbocycles. The average Bonchev–Trinajstić information content (AvgIpc) is 2.51. The van der Waals surface area contributed by atoms with Crippen LogP contribution in [0.5, 0.6) is 5.75 Å². The predicted molar refractivity (Wildman–Crippen MR) is 88.4 cm³/mol. The summed E-state index contributed by atoms with van der Waals surface area (Å²) >= 11 is 0. The molecule has 0 saturated heterocycles. The number of unbranched alkanes of at least 4 members (excludes halogenated alkanes) is 1. The number of pyridine rings is 1. The fourth-order valence-electron chi connectivity index (χ4n) is 2.24. The van der Waals surface area contributed by atoms with E-state index in [9.17, 15) is 0 Å². The fraction of sp³-hybridized carbons (Fsp3) is 0.278. The van der Waals surface area contributed by atoms with E-state index in [0.717, 1.165) is 36.3 Å². The van der Waals surface area contributed by atoms with Crippen molar-refractivity contribution >= 4 is 5.82 Å². The van der Waals surface area contributed by atoms with Gasteiger partial charge in [-0.1, -0.05) is 32.1 Å². The van der Waals surface area contributed by atoms with E-state index in [1.165, 1.54) is 5.56 Å². The van der Waals surface area contributed by atoms with Gasteiger partial charge in [0, 0.05) is 5.56 Å². The summed E-state index contributed by atoms with van der Waals surface area (Å²) in [5.74, 6) is 1.41. The van der Waals surface area contributed by atoms with Gasteiger partial charge in [0.2, 0.25) is 0 Å². The molecule has 0 saturated carbocycles. The molecule has 0 spiro atoms. The number of hydrogen-bond donors (Lipinski definition) is 1. The molecular weight excluding hydrogens is 260 g/mol. The predicted octanol–water partition coefficient (Wildman–Crippen LogP) is 4.24. The Morgan fingerprint density at radius 1 is 1.29 bits per heavy atom. The number of ether oxygens (including phenoxy) is 1. The molecule has 1 aromatic carbocycles. The first-order chi connectivity index (χ1) is 10.2. The highest BCUT2D eigenvalue weighted by Crippen LogP contribution is 2.28. The molecule has 3 nitrogen and oxygen atoms in total. The van der Waals surface area contributed by atoms with E-state index in [0.29, 0.717) is 12.4 Å². The van der Waals surface area contributed by atoms with Gasteiger partial charge in [-0.25, -0.2) is 4.98 Å². The zero-order valence-corrected chi connectivity index (χ0v) is 12.5. The highest BCUT2D eigenvalue weighted by Gasteiger charge is 2.08. The number of benzene rings is 1. The SMILES string of the molecule is C=CCOc1ccc(-c2cccc(N)n2)c(CCCC)c1. The Hall–Kier alpha value is -2.29. The molecule has 21 heavy (non-hydrogen) atoms. The van der Waals surface area contributed by atoms with E-state index in [2.05, 4.69) is 30.6 Å². The average molecular weight is 282 g/mol. The first-order valence-corrected chi connectivity index (χ1v) is 7.34. The van der Waals surface area contributed by atoms with Crippen LogP contribution in [-0.2, 0) is 6.42 Å². The van der Waals surface area contributed by atoms with Gasteiger partial charge in [-0.3, -0.25) is 0 Å². The van der Waals surface area contributed by atoms with Crippen molar-refractivity contribution in [1.82, 2.24) is 4.98 Å². The molecule has 3 heteroatoms. The normalized spacial score (nSPS) is 10.3. The number of nitrogens with two attached hydrogens (primary N) is 1. The fourth-order valence-corrected chi connectivity index (χ4v) is 2.24. The van der Waals surface area contributed by atoms with Crippen LogP contribution in [0.15, 0.2) is 49.1 Å². The molecule has 0 radical (unpaired) electrons. The summed E-state index contributed by atoms with van der Waals surface area (Å²) in [6, 6.07) is 11.9. The Kier molecular flexibility index (Phi) is 5.38. The first kappa shape index (κ1) is 15.1. The van der Waals surface area contributed by atoms with Crippen molar-refractivity contribution in [3.63, 3.8) is 0 Å². The third-order valence-corrected chi connectivity index (χ3v) is 3.29. The van der Waals surface area contributed by atoms with Gasteiger partial charge in [-0.2, -0.15) is 0 Å². The molecule has 1 heterocycles. The molecule has 0 atom stereocenters. The van der Waals surface area contributed by atoms with Crippen molar-refractivity contribution in [2.45, 2.75) is 26.2 Å². The number of rotatable bonds is 7. The third kappa shape index (κ3) is 4.09. The Balaban J connectivity index is 2.36. The molecule has 110 valence electrons. The van der Waals surface area contributed by atoms with Crippen LogP contribution < -0.4 is 10.5 Å². The zero-order valence-electron chi connectivity index (χ0n) is 12.5. The smallest absolute Gasteiger partial charge is 0.124 e. The van der Waals surface area contributed by atoms with Crippen LogP contribution in [0.4, 0.5) is 5.82 Å². The highest BCUT2D eigenvalue weighted by atomic mass is 16.5. The van der Waals surface area contributed by atoms with Crippen LogP contribution in [0.25, 0.3) is 11.3 Å². The van der Waals surface area contributed by atoms with Crippen LogP contribution in [-0.4, -0.2) is 11.6 Å². The van der Waals surface area contributed by atoms with E-state index in [1.54, 1.807) is 12.1 Å². The van der Waals surface area contributed by atoms with E-state index in [-0.39, 0.29) is 0 Å². The molecule has 0 bridgehead atoms. The summed E-state index contributed by atoms with van der Waals surface area (Å²) in [4.78, 5) is 4.42. The van der Waals surface area contributed by atoms with Crippen LogP contribution in [0.2, 0.25) is 0 Å². The lowest BCUT2D eigenvalue weighted by atomic mass is 9.99. The van der Waals surface area contributed by atoms with Gasteiger partial charge in [0.25, 0.3) is 0 Å². The van der Waals surface area contributed by atoms with Crippen LogP contribution in [0.3, 0.4) is 0 Å². The summed E-state index contributed by atoms with van der Waals surface area (Å²) in [7, 11) is 0. The van der Waals surface area contributed by atoms with Crippen molar-refractivity contribution in [2.24, 2.45) is 0 Å². The standard InChI is InChI=1S/C18H22N2O/c1-3-5-7-14-13-15(21-12-4-2)10-11-16(14)17-8-6-9-18(19)20-17/h4,6,8-11,13H,2-3,5,7,12H2,1H3,(H2,19,20). The van der Waals surface area contributed by atoms with E-state index < -0.39 is 0 Å². The van der Waals surface area contributed by atoms with Crippen LogP contribution >= 0.6 is 0 Å². The molecule has 2 N–H and O–H groups in total. The van der Waals surface area contributed by atoms with Gasteiger partial charge in [0.15, 0.2) is 0 Å². The molecule has 2 rings (SSSR count). The largest absolute Gasteiger partial charge is 0.490 e. The molecule has 0 fully saturated rings. The van der Waals surface area contributed by atoms with Gasteiger partial charge < -0.3 is 10.5 Å². The van der Waals surface area contributed by atoms with Gasteiger partial charge in [-0.05, 0) is 48.7 Å². The summed E-state index contributed by atoms with van der Waals surface area (Å²) in [5.41, 5.74) is 9.08. The number of hydrogen-bond acceptors (Lipinski definition) is 3. The van der Waals surface area contributed by atoms with Crippen molar-refractivity contribution in [2.75, 3.05) is 12.3 Å². The molecule has 2 aromatic rings. The Morgan fingerprint density at radius 3 is 2.86 bits per heavy atom. The second-order valence-corrected chi connectivity index (χ2v) is 4.97. The number of nitrogens with zero attached hydrogens (tertiary/aromatic N) is 1. The Bertz CT molecular complexity index is 608. The van der Waals surface area contributed by atoms with Crippen LogP contribution in [0.1, 0.15) is 25.3 Å². The minimum Gasteiger partial charge on any atom is -0.490 e. The van der Waals surface area contributed by atoms with Crippen molar-refractivity contribution < 1.29 is 4.74 Å². The number of nitrogen functional groups attached to an aromatic ring is 1. The van der Waals surface area contributed by atoms with E-state index in [4.69, 9.17) is 10.5 Å². The second-order valence-electron chi connectivity index (χ2n) is 4.97. The minimum atomic E-state index is 0.517.